The van der Waals surface area contributed by atoms with Crippen molar-refractivity contribution in [1.29, 1.82) is 0 Å². The van der Waals surface area contributed by atoms with Crippen LogP contribution >= 0.6 is 58.0 Å². The lowest BCUT2D eigenvalue weighted by molar-refractivity contribution is 0.0951. The van der Waals surface area contributed by atoms with Crippen molar-refractivity contribution < 1.29 is 9.21 Å². The Morgan fingerprint density at radius 3 is 2.61 bits per heavy atom. The number of halogens is 3. The number of carbonyl (C=O) groups excluding carboxylic acids is 1. The number of benzene rings is 2. The first-order valence-corrected chi connectivity index (χ1v) is 10.6. The van der Waals surface area contributed by atoms with Crippen LogP contribution in [0.2, 0.25) is 10.0 Å². The molecule has 1 heterocycles. The Morgan fingerprint density at radius 2 is 1.89 bits per heavy atom. The summed E-state index contributed by atoms with van der Waals surface area (Å²) in [6, 6.07) is 14.4. The van der Waals surface area contributed by atoms with Gasteiger partial charge in [-0.15, -0.1) is 0 Å². The summed E-state index contributed by atoms with van der Waals surface area (Å²) in [4.78, 5) is 12.4. The lowest BCUT2D eigenvalue weighted by Gasteiger charge is -2.12. The van der Waals surface area contributed by atoms with E-state index < -0.39 is 5.91 Å². The van der Waals surface area contributed by atoms with Crippen molar-refractivity contribution in [2.45, 2.75) is 13.3 Å². The van der Waals surface area contributed by atoms with E-state index in [1.54, 1.807) is 30.3 Å². The molecule has 0 aliphatic carbocycles. The van der Waals surface area contributed by atoms with Crippen molar-refractivity contribution in [3.05, 3.63) is 73.5 Å². The van der Waals surface area contributed by atoms with Crippen LogP contribution in [0.5, 0.6) is 0 Å². The summed E-state index contributed by atoms with van der Waals surface area (Å²) in [6.45, 7) is 2.06. The maximum absolute atomic E-state index is 12.4. The van der Waals surface area contributed by atoms with Crippen LogP contribution in [0, 0.1) is 3.57 Å². The van der Waals surface area contributed by atoms with Crippen LogP contribution in [0.15, 0.2) is 52.9 Å². The highest BCUT2D eigenvalue weighted by molar-refractivity contribution is 14.1. The summed E-state index contributed by atoms with van der Waals surface area (Å²) in [5.41, 5.74) is 2.70. The maximum Gasteiger partial charge on any atom is 0.293 e. The predicted octanol–water partition coefficient (Wildman–Crippen LogP) is 6.55. The molecule has 0 atom stereocenters. The molecule has 3 aromatic rings. The molecule has 1 amide bonds. The van der Waals surface area contributed by atoms with E-state index in [4.69, 9.17) is 39.8 Å². The molecule has 0 saturated heterocycles. The molecule has 4 nitrogen and oxygen atoms in total. The normalized spacial score (nSPS) is 10.6. The van der Waals surface area contributed by atoms with Gasteiger partial charge in [0.2, 0.25) is 0 Å². The van der Waals surface area contributed by atoms with Crippen molar-refractivity contribution in [2.75, 3.05) is 5.32 Å². The standard InChI is InChI=1S/C20H15Cl2IN2O2S/c1-2-11-9-13(23)4-6-16(11)24-20(28)25-19(26)18-8-7-17(27-18)12-3-5-14(21)15(22)10-12/h3-10H,2H2,1H3,(H2,24,25,26,28). The van der Waals surface area contributed by atoms with E-state index in [1.165, 1.54) is 0 Å². The third kappa shape index (κ3) is 5.05. The Morgan fingerprint density at radius 1 is 1.11 bits per heavy atom. The second-order valence-corrected chi connectivity index (χ2v) is 8.32. The molecule has 28 heavy (non-hydrogen) atoms. The Balaban J connectivity index is 1.69. The molecule has 2 N–H and O–H groups in total. The van der Waals surface area contributed by atoms with Crippen molar-refractivity contribution in [2.24, 2.45) is 0 Å². The molecule has 0 saturated carbocycles. The van der Waals surface area contributed by atoms with Crippen molar-refractivity contribution in [3.8, 4) is 11.3 Å². The first-order chi connectivity index (χ1) is 13.4. The Labute approximate surface area is 191 Å². The summed E-state index contributed by atoms with van der Waals surface area (Å²) < 4.78 is 6.78. The second-order valence-electron chi connectivity index (χ2n) is 5.86. The Hall–Kier alpha value is -1.61. The number of hydrogen-bond donors (Lipinski definition) is 2. The molecule has 2 aromatic carbocycles. The molecular formula is C20H15Cl2IN2O2S. The summed E-state index contributed by atoms with van der Waals surface area (Å²) in [6.07, 6.45) is 0.848. The lowest BCUT2D eigenvalue weighted by Crippen LogP contribution is -2.34. The number of anilines is 1. The molecule has 0 fully saturated rings. The Bertz CT molecular complexity index is 1050. The van der Waals surface area contributed by atoms with Crippen molar-refractivity contribution in [1.82, 2.24) is 5.32 Å². The van der Waals surface area contributed by atoms with E-state index in [0.29, 0.717) is 15.8 Å². The van der Waals surface area contributed by atoms with Crippen LogP contribution in [0.4, 0.5) is 5.69 Å². The Kier molecular flexibility index (Phi) is 6.98. The van der Waals surface area contributed by atoms with Gasteiger partial charge in [0.15, 0.2) is 10.9 Å². The fourth-order valence-corrected chi connectivity index (χ4v) is 3.62. The molecule has 0 unspecified atom stereocenters. The van der Waals surface area contributed by atoms with Crippen LogP contribution < -0.4 is 10.6 Å². The average Bonchev–Trinajstić information content (AvgIpc) is 3.15. The number of hydrogen-bond acceptors (Lipinski definition) is 3. The smallest absolute Gasteiger partial charge is 0.293 e. The van der Waals surface area contributed by atoms with Gasteiger partial charge in [0.25, 0.3) is 5.91 Å². The first-order valence-electron chi connectivity index (χ1n) is 8.33. The maximum atomic E-state index is 12.4. The molecule has 0 aliphatic rings. The third-order valence-corrected chi connectivity index (χ3v) is 5.57. The molecule has 1 aromatic heterocycles. The summed E-state index contributed by atoms with van der Waals surface area (Å²) in [5.74, 6) is 0.212. The van der Waals surface area contributed by atoms with E-state index in [9.17, 15) is 4.79 Å². The molecule has 3 rings (SSSR count). The van der Waals surface area contributed by atoms with Crippen LogP contribution in [-0.2, 0) is 6.42 Å². The van der Waals surface area contributed by atoms with Crippen molar-refractivity contribution >= 4 is 74.7 Å². The predicted molar refractivity (Wildman–Crippen MR) is 126 cm³/mol. The van der Waals surface area contributed by atoms with Gasteiger partial charge in [0.05, 0.1) is 10.0 Å². The van der Waals surface area contributed by atoms with Crippen LogP contribution in [0.1, 0.15) is 23.0 Å². The van der Waals surface area contributed by atoms with Gasteiger partial charge in [-0.05, 0) is 95.3 Å². The molecule has 0 aliphatic heterocycles. The van der Waals surface area contributed by atoms with Gasteiger partial charge in [0.1, 0.15) is 5.76 Å². The highest BCUT2D eigenvalue weighted by Crippen LogP contribution is 2.29. The number of aryl methyl sites for hydroxylation is 1. The van der Waals surface area contributed by atoms with Gasteiger partial charge in [0, 0.05) is 14.8 Å². The number of amides is 1. The summed E-state index contributed by atoms with van der Waals surface area (Å²) in [5, 5.41) is 6.77. The largest absolute Gasteiger partial charge is 0.451 e. The number of furan rings is 1. The third-order valence-electron chi connectivity index (χ3n) is 3.96. The fraction of sp³-hybridized carbons (Fsp3) is 0.100. The highest BCUT2D eigenvalue weighted by Gasteiger charge is 2.15. The number of thiocarbonyl (C=S) groups is 1. The second kappa shape index (κ2) is 9.26. The van der Waals surface area contributed by atoms with E-state index in [2.05, 4.69) is 46.2 Å². The minimum absolute atomic E-state index is 0.142. The minimum atomic E-state index is -0.438. The summed E-state index contributed by atoms with van der Waals surface area (Å²) in [7, 11) is 0. The van der Waals surface area contributed by atoms with E-state index in [0.717, 1.165) is 26.8 Å². The average molecular weight is 545 g/mol. The number of carbonyl (C=O) groups is 1. The van der Waals surface area contributed by atoms with Gasteiger partial charge >= 0.3 is 0 Å². The van der Waals surface area contributed by atoms with Gasteiger partial charge in [-0.1, -0.05) is 30.1 Å². The number of nitrogens with one attached hydrogen (secondary N) is 2. The minimum Gasteiger partial charge on any atom is -0.451 e. The molecule has 0 spiro atoms. The quantitative estimate of drug-likeness (QED) is 0.289. The topological polar surface area (TPSA) is 54.3 Å². The first kappa shape index (κ1) is 21.1. The molecule has 0 bridgehead atoms. The van der Waals surface area contributed by atoms with E-state index in [1.807, 2.05) is 12.1 Å². The zero-order valence-corrected chi connectivity index (χ0v) is 19.2. The van der Waals surface area contributed by atoms with Crippen LogP contribution in [-0.4, -0.2) is 11.0 Å². The van der Waals surface area contributed by atoms with Gasteiger partial charge in [-0.3, -0.25) is 10.1 Å². The highest BCUT2D eigenvalue weighted by atomic mass is 127. The van der Waals surface area contributed by atoms with Crippen LogP contribution in [0.3, 0.4) is 0 Å². The molecule has 8 heteroatoms. The van der Waals surface area contributed by atoms with E-state index >= 15 is 0 Å². The molecule has 144 valence electrons. The SMILES string of the molecule is CCc1cc(I)ccc1NC(=S)NC(=O)c1ccc(-c2ccc(Cl)c(Cl)c2)o1. The zero-order valence-electron chi connectivity index (χ0n) is 14.7. The molecule has 0 radical (unpaired) electrons. The van der Waals surface area contributed by atoms with Gasteiger partial charge in [-0.25, -0.2) is 0 Å². The van der Waals surface area contributed by atoms with Gasteiger partial charge in [-0.2, -0.15) is 0 Å². The lowest BCUT2D eigenvalue weighted by atomic mass is 10.1. The fourth-order valence-electron chi connectivity index (χ4n) is 2.56. The van der Waals surface area contributed by atoms with Crippen molar-refractivity contribution in [3.63, 3.8) is 0 Å². The summed E-state index contributed by atoms with van der Waals surface area (Å²) >= 11 is 19.5. The van der Waals surface area contributed by atoms with Gasteiger partial charge < -0.3 is 9.73 Å². The molecular weight excluding hydrogens is 530 g/mol. The van der Waals surface area contributed by atoms with E-state index in [-0.39, 0.29) is 10.9 Å². The zero-order chi connectivity index (χ0) is 20.3. The monoisotopic (exact) mass is 544 g/mol. The van der Waals surface area contributed by atoms with Crippen LogP contribution in [0.25, 0.3) is 11.3 Å². The number of rotatable bonds is 4.